The molecule has 0 rings (SSSR count). The molecule has 0 aliphatic rings. The SMILES string of the molecule is CCCCC(CCCC)C(=O)OCOC(=O)C(CCCC)CCCC. The zero-order valence-electron chi connectivity index (χ0n) is 17.0. The number of rotatable bonds is 16. The van der Waals surface area contributed by atoms with E-state index >= 15 is 0 Å². The number of unbranched alkanes of at least 4 members (excludes halogenated alkanes) is 4. The normalized spacial score (nSPS) is 11.1. The maximum atomic E-state index is 12.2. The summed E-state index contributed by atoms with van der Waals surface area (Å²) in [5, 5.41) is 0. The fraction of sp³-hybridized carbons (Fsp3) is 0.905. The highest BCUT2D eigenvalue weighted by Gasteiger charge is 2.22. The Hall–Kier alpha value is -1.06. The van der Waals surface area contributed by atoms with Crippen molar-refractivity contribution in [2.24, 2.45) is 11.8 Å². The molecule has 0 saturated carbocycles. The Morgan fingerprint density at radius 2 is 0.880 bits per heavy atom. The first kappa shape index (κ1) is 23.9. The Morgan fingerprint density at radius 3 is 1.12 bits per heavy atom. The Kier molecular flexibility index (Phi) is 15.7. The van der Waals surface area contributed by atoms with Crippen molar-refractivity contribution in [1.82, 2.24) is 0 Å². The fourth-order valence-corrected chi connectivity index (χ4v) is 2.94. The van der Waals surface area contributed by atoms with Crippen LogP contribution < -0.4 is 0 Å². The molecular weight excluding hydrogens is 316 g/mol. The molecule has 0 radical (unpaired) electrons. The van der Waals surface area contributed by atoms with Crippen LogP contribution in [0.4, 0.5) is 0 Å². The van der Waals surface area contributed by atoms with Crippen LogP contribution in [-0.2, 0) is 19.1 Å². The smallest absolute Gasteiger partial charge is 0.311 e. The quantitative estimate of drug-likeness (QED) is 0.250. The number of esters is 2. The largest absolute Gasteiger partial charge is 0.428 e. The molecule has 4 nitrogen and oxygen atoms in total. The van der Waals surface area contributed by atoms with Crippen molar-refractivity contribution in [1.29, 1.82) is 0 Å². The van der Waals surface area contributed by atoms with E-state index in [-0.39, 0.29) is 30.6 Å². The molecule has 0 bridgehead atoms. The molecule has 0 atom stereocenters. The molecule has 0 spiro atoms. The highest BCUT2D eigenvalue weighted by molar-refractivity contribution is 5.74. The summed E-state index contributed by atoms with van der Waals surface area (Å²) in [6.45, 7) is 8.25. The number of carbonyl (C=O) groups is 2. The third-order valence-electron chi connectivity index (χ3n) is 4.69. The van der Waals surface area contributed by atoms with Crippen LogP contribution in [0.15, 0.2) is 0 Å². The van der Waals surface area contributed by atoms with Gasteiger partial charge in [-0.2, -0.15) is 0 Å². The second-order valence-corrected chi connectivity index (χ2v) is 7.01. The van der Waals surface area contributed by atoms with Crippen LogP contribution in [0.2, 0.25) is 0 Å². The Bertz CT molecular complexity index is 293. The summed E-state index contributed by atoms with van der Waals surface area (Å²) >= 11 is 0. The van der Waals surface area contributed by atoms with Gasteiger partial charge in [0.05, 0.1) is 11.8 Å². The van der Waals surface area contributed by atoms with Crippen LogP contribution in [0.3, 0.4) is 0 Å². The fourth-order valence-electron chi connectivity index (χ4n) is 2.94. The predicted octanol–water partition coefficient (Wildman–Crippen LogP) is 6.02. The van der Waals surface area contributed by atoms with Crippen molar-refractivity contribution in [2.45, 2.75) is 105 Å². The first-order valence-electron chi connectivity index (χ1n) is 10.4. The molecule has 0 fully saturated rings. The molecule has 0 saturated heterocycles. The average molecular weight is 357 g/mol. The second kappa shape index (κ2) is 16.4. The van der Waals surface area contributed by atoms with E-state index in [0.29, 0.717) is 0 Å². The van der Waals surface area contributed by atoms with Crippen LogP contribution in [0.25, 0.3) is 0 Å². The molecule has 0 aromatic carbocycles. The summed E-state index contributed by atoms with van der Waals surface area (Å²) < 4.78 is 10.5. The molecule has 0 aromatic heterocycles. The van der Waals surface area contributed by atoms with E-state index in [1.165, 1.54) is 0 Å². The van der Waals surface area contributed by atoms with Gasteiger partial charge in [0.1, 0.15) is 0 Å². The van der Waals surface area contributed by atoms with Crippen LogP contribution in [0, 0.1) is 11.8 Å². The third-order valence-corrected chi connectivity index (χ3v) is 4.69. The summed E-state index contributed by atoms with van der Waals surface area (Å²) in [4.78, 5) is 24.5. The third kappa shape index (κ3) is 12.0. The molecule has 148 valence electrons. The first-order chi connectivity index (χ1) is 12.1. The maximum absolute atomic E-state index is 12.2. The topological polar surface area (TPSA) is 52.6 Å². The zero-order chi connectivity index (χ0) is 18.9. The Balaban J connectivity index is 4.31. The van der Waals surface area contributed by atoms with Gasteiger partial charge in [-0.3, -0.25) is 9.59 Å². The minimum absolute atomic E-state index is 0.0606. The zero-order valence-corrected chi connectivity index (χ0v) is 17.0. The lowest BCUT2D eigenvalue weighted by atomic mass is 9.96. The van der Waals surface area contributed by atoms with Gasteiger partial charge >= 0.3 is 11.9 Å². The van der Waals surface area contributed by atoms with Gasteiger partial charge in [0, 0.05) is 0 Å². The maximum Gasteiger partial charge on any atom is 0.311 e. The number of carbonyl (C=O) groups excluding carboxylic acids is 2. The summed E-state index contributed by atoms with van der Waals surface area (Å²) in [5.74, 6) is -0.550. The van der Waals surface area contributed by atoms with E-state index in [2.05, 4.69) is 27.7 Å². The molecule has 0 N–H and O–H groups in total. The summed E-state index contributed by atoms with van der Waals surface area (Å²) in [5.41, 5.74) is 0. The van der Waals surface area contributed by atoms with Gasteiger partial charge < -0.3 is 9.47 Å². The Labute approximate surface area is 155 Å². The molecular formula is C21H40O4. The van der Waals surface area contributed by atoms with Crippen molar-refractivity contribution in [3.63, 3.8) is 0 Å². The highest BCUT2D eigenvalue weighted by Crippen LogP contribution is 2.19. The molecule has 0 aromatic rings. The minimum Gasteiger partial charge on any atom is -0.428 e. The average Bonchev–Trinajstić information content (AvgIpc) is 2.61. The van der Waals surface area contributed by atoms with Crippen molar-refractivity contribution in [3.8, 4) is 0 Å². The number of hydrogen-bond donors (Lipinski definition) is 0. The monoisotopic (exact) mass is 356 g/mol. The summed E-state index contributed by atoms with van der Waals surface area (Å²) in [7, 11) is 0. The molecule has 25 heavy (non-hydrogen) atoms. The van der Waals surface area contributed by atoms with E-state index < -0.39 is 0 Å². The van der Waals surface area contributed by atoms with Crippen LogP contribution >= 0.6 is 0 Å². The standard InChI is InChI=1S/C21H40O4/c1-5-9-13-18(14-10-6-2)20(22)24-17-25-21(23)19(15-11-7-3)16-12-8-4/h18-19H,5-17H2,1-4H3. The molecule has 0 heterocycles. The van der Waals surface area contributed by atoms with E-state index in [9.17, 15) is 9.59 Å². The van der Waals surface area contributed by atoms with E-state index in [1.807, 2.05) is 0 Å². The van der Waals surface area contributed by atoms with Gasteiger partial charge in [-0.25, -0.2) is 0 Å². The van der Waals surface area contributed by atoms with Crippen molar-refractivity contribution in [3.05, 3.63) is 0 Å². The first-order valence-corrected chi connectivity index (χ1v) is 10.4. The molecule has 0 aliphatic heterocycles. The number of ether oxygens (including phenoxy) is 2. The van der Waals surface area contributed by atoms with Crippen molar-refractivity contribution in [2.75, 3.05) is 6.79 Å². The van der Waals surface area contributed by atoms with Gasteiger partial charge in [-0.05, 0) is 25.7 Å². The molecule has 0 unspecified atom stereocenters. The highest BCUT2D eigenvalue weighted by atomic mass is 16.7. The lowest BCUT2D eigenvalue weighted by Crippen LogP contribution is -2.23. The van der Waals surface area contributed by atoms with E-state index in [1.54, 1.807) is 0 Å². The van der Waals surface area contributed by atoms with Crippen LogP contribution in [0.1, 0.15) is 105 Å². The van der Waals surface area contributed by atoms with Crippen molar-refractivity contribution < 1.29 is 19.1 Å². The minimum atomic E-state index is -0.235. The lowest BCUT2D eigenvalue weighted by molar-refractivity contribution is -0.173. The summed E-state index contributed by atoms with van der Waals surface area (Å²) in [6.07, 6.45) is 11.8. The van der Waals surface area contributed by atoms with E-state index in [0.717, 1.165) is 77.0 Å². The lowest BCUT2D eigenvalue weighted by Gasteiger charge is -2.17. The van der Waals surface area contributed by atoms with Gasteiger partial charge in [0.25, 0.3) is 0 Å². The van der Waals surface area contributed by atoms with Gasteiger partial charge in [-0.1, -0.05) is 79.1 Å². The second-order valence-electron chi connectivity index (χ2n) is 7.01. The number of hydrogen-bond acceptors (Lipinski definition) is 4. The van der Waals surface area contributed by atoms with Gasteiger partial charge in [0.2, 0.25) is 6.79 Å². The predicted molar refractivity (Wildman–Crippen MR) is 102 cm³/mol. The molecule has 0 aliphatic carbocycles. The Morgan fingerprint density at radius 1 is 0.600 bits per heavy atom. The van der Waals surface area contributed by atoms with E-state index in [4.69, 9.17) is 9.47 Å². The van der Waals surface area contributed by atoms with Gasteiger partial charge in [-0.15, -0.1) is 0 Å². The summed E-state index contributed by atoms with van der Waals surface area (Å²) in [6, 6.07) is 0. The van der Waals surface area contributed by atoms with Crippen LogP contribution in [-0.4, -0.2) is 18.7 Å². The molecule has 0 amide bonds. The molecule has 4 heteroatoms. The van der Waals surface area contributed by atoms with Crippen LogP contribution in [0.5, 0.6) is 0 Å². The van der Waals surface area contributed by atoms with Gasteiger partial charge in [0.15, 0.2) is 0 Å². The van der Waals surface area contributed by atoms with Crippen molar-refractivity contribution >= 4 is 11.9 Å².